The molecule has 2 aromatic rings. The molecule has 0 fully saturated rings. The first-order valence-electron chi connectivity index (χ1n) is 5.83. The average Bonchev–Trinajstić information content (AvgIpc) is 2.56. The number of rotatable bonds is 0. The van der Waals surface area contributed by atoms with Gasteiger partial charge in [0.2, 0.25) is 0 Å². The van der Waals surface area contributed by atoms with Crippen molar-refractivity contribution in [3.8, 4) is 0 Å². The van der Waals surface area contributed by atoms with Crippen LogP contribution in [0, 0.1) is 0 Å². The number of benzene rings is 1. The van der Waals surface area contributed by atoms with Crippen LogP contribution in [0.2, 0.25) is 0 Å². The van der Waals surface area contributed by atoms with Crippen LogP contribution in [-0.2, 0) is 7.05 Å². The van der Waals surface area contributed by atoms with Gasteiger partial charge in [-0.3, -0.25) is 4.79 Å². The van der Waals surface area contributed by atoms with Crippen molar-refractivity contribution in [1.29, 1.82) is 0 Å². The van der Waals surface area contributed by atoms with Gasteiger partial charge in [-0.15, -0.1) is 0 Å². The maximum atomic E-state index is 12.4. The van der Waals surface area contributed by atoms with Crippen LogP contribution < -0.4 is 16.3 Å². The Bertz CT molecular complexity index is 789. The second-order valence-corrected chi connectivity index (χ2v) is 4.39. The number of fused-ring (bicyclic) bond motifs is 3. The zero-order valence-corrected chi connectivity index (χ0v) is 10.5. The third kappa shape index (κ3) is 1.61. The van der Waals surface area contributed by atoms with E-state index < -0.39 is 6.03 Å². The zero-order valence-electron chi connectivity index (χ0n) is 10.5. The lowest BCUT2D eigenvalue weighted by Crippen LogP contribution is -2.26. The normalized spacial score (nSPS) is 14.2. The average molecular weight is 256 g/mol. The SMILES string of the molecule is CC1=NNC(=O)Nc2c1c(=O)n(C)c1ccccc21. The molecule has 0 radical (unpaired) electrons. The van der Waals surface area contributed by atoms with Crippen molar-refractivity contribution in [2.24, 2.45) is 12.1 Å². The van der Waals surface area contributed by atoms with E-state index in [4.69, 9.17) is 0 Å². The van der Waals surface area contributed by atoms with Gasteiger partial charge in [-0.2, -0.15) is 5.10 Å². The summed E-state index contributed by atoms with van der Waals surface area (Å²) < 4.78 is 1.56. The van der Waals surface area contributed by atoms with Gasteiger partial charge in [-0.25, -0.2) is 10.2 Å². The third-order valence-electron chi connectivity index (χ3n) is 3.23. The van der Waals surface area contributed by atoms with Crippen molar-refractivity contribution in [2.75, 3.05) is 5.32 Å². The summed E-state index contributed by atoms with van der Waals surface area (Å²) in [6.45, 7) is 1.70. The van der Waals surface area contributed by atoms with Crippen LogP contribution in [0.3, 0.4) is 0 Å². The molecule has 0 atom stereocenters. The summed E-state index contributed by atoms with van der Waals surface area (Å²) in [4.78, 5) is 24.0. The van der Waals surface area contributed by atoms with E-state index in [0.29, 0.717) is 17.0 Å². The molecule has 0 spiro atoms. The Morgan fingerprint density at radius 1 is 1.21 bits per heavy atom. The second-order valence-electron chi connectivity index (χ2n) is 4.39. The molecule has 0 unspecified atom stereocenters. The van der Waals surface area contributed by atoms with E-state index in [2.05, 4.69) is 15.8 Å². The molecule has 0 bridgehead atoms. The molecule has 1 aromatic heterocycles. The lowest BCUT2D eigenvalue weighted by atomic mass is 10.1. The Morgan fingerprint density at radius 3 is 2.74 bits per heavy atom. The number of pyridine rings is 1. The van der Waals surface area contributed by atoms with Crippen molar-refractivity contribution in [3.05, 3.63) is 40.2 Å². The lowest BCUT2D eigenvalue weighted by Gasteiger charge is -2.13. The zero-order chi connectivity index (χ0) is 13.6. The molecular formula is C13H12N4O2. The van der Waals surface area contributed by atoms with Crippen LogP contribution in [-0.4, -0.2) is 16.3 Å². The molecule has 0 saturated heterocycles. The van der Waals surface area contributed by atoms with Gasteiger partial charge in [0, 0.05) is 12.4 Å². The molecular weight excluding hydrogens is 244 g/mol. The molecule has 6 nitrogen and oxygen atoms in total. The largest absolute Gasteiger partial charge is 0.339 e. The number of hydrazone groups is 1. The quantitative estimate of drug-likeness (QED) is 0.747. The number of para-hydroxylation sites is 1. The summed E-state index contributed by atoms with van der Waals surface area (Å²) in [5.41, 5.74) is 4.34. The van der Waals surface area contributed by atoms with Gasteiger partial charge in [-0.1, -0.05) is 18.2 Å². The smallest absolute Gasteiger partial charge is 0.311 e. The number of amides is 2. The minimum Gasteiger partial charge on any atom is -0.311 e. The molecule has 1 aliphatic rings. The van der Waals surface area contributed by atoms with Crippen LogP contribution in [0.15, 0.2) is 34.2 Å². The molecule has 2 heterocycles. The van der Waals surface area contributed by atoms with Gasteiger partial charge in [0.25, 0.3) is 5.56 Å². The molecule has 2 N–H and O–H groups in total. The number of carbonyl (C=O) groups excluding carboxylic acids is 1. The number of urea groups is 1. The Hall–Kier alpha value is -2.63. The number of hydrogen-bond acceptors (Lipinski definition) is 3. The third-order valence-corrected chi connectivity index (χ3v) is 3.23. The second kappa shape index (κ2) is 3.94. The van der Waals surface area contributed by atoms with E-state index in [1.807, 2.05) is 24.3 Å². The Kier molecular flexibility index (Phi) is 2.38. The van der Waals surface area contributed by atoms with Crippen LogP contribution >= 0.6 is 0 Å². The minimum atomic E-state index is -0.448. The molecule has 6 heteroatoms. The summed E-state index contributed by atoms with van der Waals surface area (Å²) in [5.74, 6) is 0. The van der Waals surface area contributed by atoms with Gasteiger partial charge in [0.15, 0.2) is 0 Å². The number of anilines is 1. The van der Waals surface area contributed by atoms with Crippen LogP contribution in [0.25, 0.3) is 10.9 Å². The summed E-state index contributed by atoms with van der Waals surface area (Å²) in [6.07, 6.45) is 0. The number of aryl methyl sites for hydroxylation is 1. The maximum Gasteiger partial charge on any atom is 0.339 e. The van der Waals surface area contributed by atoms with Crippen molar-refractivity contribution in [1.82, 2.24) is 9.99 Å². The van der Waals surface area contributed by atoms with Crippen LogP contribution in [0.4, 0.5) is 10.5 Å². The lowest BCUT2D eigenvalue weighted by molar-refractivity contribution is 0.252. The fourth-order valence-electron chi connectivity index (χ4n) is 2.29. The van der Waals surface area contributed by atoms with E-state index in [-0.39, 0.29) is 5.56 Å². The molecule has 0 aliphatic carbocycles. The first-order valence-corrected chi connectivity index (χ1v) is 5.83. The number of aromatic nitrogens is 1. The highest BCUT2D eigenvalue weighted by atomic mass is 16.2. The molecule has 1 aliphatic heterocycles. The van der Waals surface area contributed by atoms with Gasteiger partial charge in [0.1, 0.15) is 0 Å². The highest BCUT2D eigenvalue weighted by molar-refractivity contribution is 6.14. The van der Waals surface area contributed by atoms with Crippen LogP contribution in [0.1, 0.15) is 12.5 Å². The molecule has 2 amide bonds. The van der Waals surface area contributed by atoms with Crippen molar-refractivity contribution >= 4 is 28.3 Å². The van der Waals surface area contributed by atoms with E-state index in [0.717, 1.165) is 10.9 Å². The predicted molar refractivity (Wildman–Crippen MR) is 73.6 cm³/mol. The van der Waals surface area contributed by atoms with E-state index in [9.17, 15) is 9.59 Å². The predicted octanol–water partition coefficient (Wildman–Crippen LogP) is 1.40. The Balaban J connectivity index is 2.53. The number of carbonyl (C=O) groups is 1. The molecule has 96 valence electrons. The highest BCUT2D eigenvalue weighted by Gasteiger charge is 2.21. The summed E-state index contributed by atoms with van der Waals surface area (Å²) in [6, 6.07) is 6.98. The standard InChI is InChI=1S/C13H12N4O2/c1-7-10-11(14-13(19)16-15-7)8-5-3-4-6-9(8)17(2)12(10)18/h3-6H,1-2H3,(H2,14,16,19). The first-order chi connectivity index (χ1) is 9.09. The Morgan fingerprint density at radius 2 is 1.95 bits per heavy atom. The van der Waals surface area contributed by atoms with E-state index >= 15 is 0 Å². The van der Waals surface area contributed by atoms with Crippen molar-refractivity contribution < 1.29 is 4.79 Å². The molecule has 19 heavy (non-hydrogen) atoms. The monoisotopic (exact) mass is 256 g/mol. The summed E-state index contributed by atoms with van der Waals surface area (Å²) in [5, 5.41) is 7.39. The van der Waals surface area contributed by atoms with Crippen molar-refractivity contribution in [2.45, 2.75) is 6.92 Å². The summed E-state index contributed by atoms with van der Waals surface area (Å²) >= 11 is 0. The summed E-state index contributed by atoms with van der Waals surface area (Å²) in [7, 11) is 1.71. The van der Waals surface area contributed by atoms with Crippen molar-refractivity contribution in [3.63, 3.8) is 0 Å². The minimum absolute atomic E-state index is 0.182. The number of nitrogens with one attached hydrogen (secondary N) is 2. The Labute approximate surface area is 108 Å². The van der Waals surface area contributed by atoms with Gasteiger partial charge >= 0.3 is 6.03 Å². The van der Waals surface area contributed by atoms with E-state index in [1.165, 1.54) is 0 Å². The van der Waals surface area contributed by atoms with E-state index in [1.54, 1.807) is 18.5 Å². The van der Waals surface area contributed by atoms with Gasteiger partial charge < -0.3 is 9.88 Å². The highest BCUT2D eigenvalue weighted by Crippen LogP contribution is 2.26. The maximum absolute atomic E-state index is 12.4. The topological polar surface area (TPSA) is 75.5 Å². The molecule has 1 aromatic carbocycles. The van der Waals surface area contributed by atoms with Gasteiger partial charge in [0.05, 0.1) is 22.5 Å². The van der Waals surface area contributed by atoms with Gasteiger partial charge in [-0.05, 0) is 13.0 Å². The molecule has 0 saturated carbocycles. The number of hydrogen-bond donors (Lipinski definition) is 2. The molecule has 3 rings (SSSR count). The fourth-order valence-corrected chi connectivity index (χ4v) is 2.29. The number of nitrogens with zero attached hydrogens (tertiary/aromatic N) is 2. The fraction of sp³-hybridized carbons (Fsp3) is 0.154. The first kappa shape index (κ1) is 11.5. The van der Waals surface area contributed by atoms with Crippen LogP contribution in [0.5, 0.6) is 0 Å².